The summed E-state index contributed by atoms with van der Waals surface area (Å²) in [6.07, 6.45) is 0.243. The number of hydrogen-bond acceptors (Lipinski definition) is 13. The Bertz CT molecular complexity index is 1840. The van der Waals surface area contributed by atoms with Gasteiger partial charge >= 0.3 is 5.97 Å². The lowest BCUT2D eigenvalue weighted by Gasteiger charge is -2.47. The summed E-state index contributed by atoms with van der Waals surface area (Å²) in [5.74, 6) is -7.70. The van der Waals surface area contributed by atoms with E-state index >= 15 is 4.39 Å². The number of fused-ring (bicyclic) bond motifs is 3. The van der Waals surface area contributed by atoms with Gasteiger partial charge in [0.25, 0.3) is 11.7 Å². The van der Waals surface area contributed by atoms with Gasteiger partial charge in [-0.25, -0.2) is 9.18 Å². The number of amides is 1. The maximum Gasteiger partial charge on any atom is 0.329 e. The van der Waals surface area contributed by atoms with Crippen LogP contribution in [0.3, 0.4) is 0 Å². The van der Waals surface area contributed by atoms with Crippen molar-refractivity contribution >= 4 is 23.4 Å². The quantitative estimate of drug-likeness (QED) is 0.156. The van der Waals surface area contributed by atoms with E-state index in [1.165, 1.54) is 14.2 Å². The zero-order chi connectivity index (χ0) is 47.7. The number of methoxy groups -OCH3 is 4. The molecule has 0 aromatic heterocycles. The number of rotatable bonds is 9. The molecule has 1 amide bonds. The summed E-state index contributed by atoms with van der Waals surface area (Å²) in [6.45, 7) is 10.3. The zero-order valence-corrected chi connectivity index (χ0v) is 40.0. The molecular formula is C50H74FNO13. The molecule has 3 heterocycles. The molecule has 364 valence electrons. The van der Waals surface area contributed by atoms with Crippen LogP contribution in [0.15, 0.2) is 47.6 Å². The van der Waals surface area contributed by atoms with E-state index < -0.39 is 89.9 Å². The maximum absolute atomic E-state index is 16.3. The van der Waals surface area contributed by atoms with Crippen LogP contribution in [0.25, 0.3) is 0 Å². The first-order valence-electron chi connectivity index (χ1n) is 23.5. The van der Waals surface area contributed by atoms with E-state index in [4.69, 9.17) is 33.2 Å². The van der Waals surface area contributed by atoms with Crippen LogP contribution < -0.4 is 9.47 Å². The number of carbonyl (C=O) groups excluding carboxylic acids is 4. The molecule has 2 saturated heterocycles. The topological polar surface area (TPSA) is 177 Å². The van der Waals surface area contributed by atoms with Gasteiger partial charge in [0.1, 0.15) is 47.8 Å². The van der Waals surface area contributed by atoms with Crippen molar-refractivity contribution in [3.05, 3.63) is 47.6 Å². The Hall–Kier alpha value is -3.73. The number of piperidine rings is 1. The van der Waals surface area contributed by atoms with Gasteiger partial charge in [-0.1, -0.05) is 39.8 Å². The SMILES string of the molecule is CCC1/C=C(\C)C(F)C(C)CC(OC)C2OC(O)(C(=O)C(=O)N3CCCCC3C(=O)OC(C(C)=CC3CCC(Oc4ccc(OC)cc4)C(OC)C3)C(C)C(O)CC1=O)C(C)CC2OC. The van der Waals surface area contributed by atoms with Crippen molar-refractivity contribution in [2.45, 2.75) is 166 Å². The number of halogens is 1. The molecule has 0 radical (unpaired) electrons. The molecule has 3 fully saturated rings. The molecule has 1 aromatic carbocycles. The van der Waals surface area contributed by atoms with Crippen LogP contribution >= 0.6 is 0 Å². The Kier molecular flexibility index (Phi) is 18.7. The summed E-state index contributed by atoms with van der Waals surface area (Å²) >= 11 is 0. The summed E-state index contributed by atoms with van der Waals surface area (Å²) in [4.78, 5) is 58.3. The third-order valence-electron chi connectivity index (χ3n) is 14.4. The number of Topliss-reactive ketones (excluding diaryl/α,β-unsaturated/α-hetero) is 2. The predicted octanol–water partition coefficient (Wildman–Crippen LogP) is 6.52. The molecule has 3 aliphatic heterocycles. The maximum atomic E-state index is 16.3. The molecule has 15 atom stereocenters. The molecule has 4 aliphatic rings. The van der Waals surface area contributed by atoms with Crippen LogP contribution in [0.2, 0.25) is 0 Å². The van der Waals surface area contributed by atoms with Gasteiger partial charge in [-0.05, 0) is 119 Å². The Balaban J connectivity index is 1.49. The summed E-state index contributed by atoms with van der Waals surface area (Å²) in [5, 5.41) is 23.9. The number of ketones is 2. The van der Waals surface area contributed by atoms with E-state index in [9.17, 15) is 29.4 Å². The number of nitrogens with zero attached hydrogens (tertiary/aromatic N) is 1. The number of ether oxygens (including phenoxy) is 7. The first-order valence-corrected chi connectivity index (χ1v) is 23.5. The lowest BCUT2D eigenvalue weighted by Crippen LogP contribution is -2.64. The van der Waals surface area contributed by atoms with Gasteiger partial charge in [0.05, 0.1) is 31.5 Å². The fourth-order valence-corrected chi connectivity index (χ4v) is 10.2. The normalized spacial score (nSPS) is 38.4. The van der Waals surface area contributed by atoms with Crippen molar-refractivity contribution in [1.82, 2.24) is 4.90 Å². The van der Waals surface area contributed by atoms with Crippen molar-refractivity contribution in [3.63, 3.8) is 0 Å². The van der Waals surface area contributed by atoms with Crippen LogP contribution in [-0.4, -0.2) is 134 Å². The van der Waals surface area contributed by atoms with Crippen molar-refractivity contribution in [2.24, 2.45) is 29.6 Å². The monoisotopic (exact) mass is 916 g/mol. The summed E-state index contributed by atoms with van der Waals surface area (Å²) in [6, 6.07) is 6.18. The largest absolute Gasteiger partial charge is 0.497 e. The third kappa shape index (κ3) is 12.2. The van der Waals surface area contributed by atoms with Gasteiger partial charge in [0, 0.05) is 52.0 Å². The highest BCUT2D eigenvalue weighted by molar-refractivity contribution is 6.39. The summed E-state index contributed by atoms with van der Waals surface area (Å²) in [5.41, 5.74) is 0.970. The minimum absolute atomic E-state index is 0.0260. The number of aliphatic hydroxyl groups excluding tert-OH is 1. The van der Waals surface area contributed by atoms with Crippen molar-refractivity contribution in [1.29, 1.82) is 0 Å². The fourth-order valence-electron chi connectivity index (χ4n) is 10.2. The second-order valence-corrected chi connectivity index (χ2v) is 18.9. The Morgan fingerprint density at radius 1 is 0.892 bits per heavy atom. The molecule has 15 unspecified atom stereocenters. The second-order valence-electron chi connectivity index (χ2n) is 18.9. The van der Waals surface area contributed by atoms with Crippen molar-refractivity contribution in [2.75, 3.05) is 35.0 Å². The van der Waals surface area contributed by atoms with Crippen molar-refractivity contribution in [3.8, 4) is 11.5 Å². The van der Waals surface area contributed by atoms with Gasteiger partial charge in [-0.2, -0.15) is 0 Å². The number of alkyl halides is 1. The fraction of sp³-hybridized carbons (Fsp3) is 0.720. The lowest BCUT2D eigenvalue weighted by atomic mass is 9.81. The van der Waals surface area contributed by atoms with Gasteiger partial charge in [0.15, 0.2) is 0 Å². The molecule has 1 saturated carbocycles. The second kappa shape index (κ2) is 23.3. The number of carbonyl (C=O) groups is 4. The van der Waals surface area contributed by atoms with Gasteiger partial charge in [0.2, 0.25) is 5.79 Å². The van der Waals surface area contributed by atoms with Gasteiger partial charge in [-0.15, -0.1) is 0 Å². The highest BCUT2D eigenvalue weighted by Gasteiger charge is 2.57. The first-order chi connectivity index (χ1) is 30.9. The highest BCUT2D eigenvalue weighted by atomic mass is 19.1. The molecule has 2 bridgehead atoms. The molecule has 14 nitrogen and oxygen atoms in total. The molecule has 0 spiro atoms. The summed E-state index contributed by atoms with van der Waals surface area (Å²) in [7, 11) is 6.13. The van der Waals surface area contributed by atoms with E-state index in [-0.39, 0.29) is 56.1 Å². The summed E-state index contributed by atoms with van der Waals surface area (Å²) < 4.78 is 58.0. The highest BCUT2D eigenvalue weighted by Crippen LogP contribution is 2.40. The number of allylic oxidation sites excluding steroid dienone is 3. The van der Waals surface area contributed by atoms with Gasteiger partial charge < -0.3 is 48.3 Å². The smallest absolute Gasteiger partial charge is 0.329 e. The van der Waals surface area contributed by atoms with Gasteiger partial charge in [-0.3, -0.25) is 14.4 Å². The van der Waals surface area contributed by atoms with Crippen LogP contribution in [-0.2, 0) is 42.9 Å². The standard InChI is InChI=1S/C50H74FNO13/c1-11-34-23-28(2)44(51)29(3)24-42(61-9)46-43(62-10)25-31(5)50(58,65-46)47(55)48(56)52-21-13-12-14-37(52)49(57)64-45(32(6)38(53)27-39(34)54)30(4)22-33-15-20-40(41(26-33)60-8)63-36-18-16-35(59-7)17-19-36/h16-19,22-23,29,31-34,37-38,40-46,53,58H,11-15,20-21,24-27H2,1-10H3/b28-23+,30-22?. The first kappa shape index (κ1) is 52.2. The van der Waals surface area contributed by atoms with E-state index in [1.807, 2.05) is 44.2 Å². The van der Waals surface area contributed by atoms with E-state index in [1.54, 1.807) is 48.0 Å². The third-order valence-corrected chi connectivity index (χ3v) is 14.4. The Labute approximate surface area is 384 Å². The minimum Gasteiger partial charge on any atom is -0.497 e. The number of benzene rings is 1. The Morgan fingerprint density at radius 3 is 2.17 bits per heavy atom. The molecule has 15 heteroatoms. The van der Waals surface area contributed by atoms with Crippen LogP contribution in [0.1, 0.15) is 106 Å². The molecule has 2 N–H and O–H groups in total. The Morgan fingerprint density at radius 2 is 1.54 bits per heavy atom. The molecule has 65 heavy (non-hydrogen) atoms. The molecule has 1 aromatic rings. The number of hydrogen-bond donors (Lipinski definition) is 2. The lowest BCUT2D eigenvalue weighted by molar-refractivity contribution is -0.302. The van der Waals surface area contributed by atoms with Crippen LogP contribution in [0, 0.1) is 29.6 Å². The predicted molar refractivity (Wildman–Crippen MR) is 240 cm³/mol. The molecule has 1 aliphatic carbocycles. The number of esters is 1. The average Bonchev–Trinajstić information content (AvgIpc) is 3.31. The molecular weight excluding hydrogens is 842 g/mol. The van der Waals surface area contributed by atoms with Crippen LogP contribution in [0.4, 0.5) is 4.39 Å². The molecule has 5 rings (SSSR count). The van der Waals surface area contributed by atoms with E-state index in [0.717, 1.165) is 17.1 Å². The number of aliphatic hydroxyl groups is 2. The van der Waals surface area contributed by atoms with Crippen LogP contribution in [0.5, 0.6) is 11.5 Å². The average molecular weight is 916 g/mol. The van der Waals surface area contributed by atoms with E-state index in [0.29, 0.717) is 49.0 Å². The zero-order valence-electron chi connectivity index (χ0n) is 40.0. The minimum atomic E-state index is -2.61. The van der Waals surface area contributed by atoms with E-state index in [2.05, 4.69) is 0 Å². The number of cyclic esters (lactones) is 1. The van der Waals surface area contributed by atoms with Crippen molar-refractivity contribution < 1.29 is 66.9 Å².